The van der Waals surface area contributed by atoms with E-state index in [1.165, 1.54) is 30.2 Å². The Morgan fingerprint density at radius 3 is 2.81 bits per heavy atom. The predicted molar refractivity (Wildman–Crippen MR) is 65.6 cm³/mol. The molecule has 4 nitrogen and oxygen atoms in total. The van der Waals surface area contributed by atoms with Crippen LogP contribution in [0.5, 0.6) is 0 Å². The second-order valence-electron chi connectivity index (χ2n) is 4.77. The fourth-order valence-corrected chi connectivity index (χ4v) is 3.74. The number of hydrogen-bond donors (Lipinski definition) is 1. The Morgan fingerprint density at radius 1 is 1.19 bits per heavy atom. The quantitative estimate of drug-likeness (QED) is 0.797. The van der Waals surface area contributed by atoms with Crippen molar-refractivity contribution in [1.82, 2.24) is 14.8 Å². The van der Waals surface area contributed by atoms with Gasteiger partial charge in [-0.3, -0.25) is 0 Å². The molecule has 16 heavy (non-hydrogen) atoms. The highest BCUT2D eigenvalue weighted by atomic mass is 32.2. The van der Waals surface area contributed by atoms with Crippen LogP contribution >= 0.6 is 11.8 Å². The minimum atomic E-state index is 0.284. The molecule has 1 aromatic rings. The molecular formula is C11H18N4S. The molecule has 0 radical (unpaired) electrons. The summed E-state index contributed by atoms with van der Waals surface area (Å²) in [4.78, 5) is 0. The van der Waals surface area contributed by atoms with Gasteiger partial charge < -0.3 is 10.3 Å². The third-order valence-corrected chi connectivity index (χ3v) is 4.66. The number of rotatable bonds is 1. The first-order chi connectivity index (χ1) is 7.84. The van der Waals surface area contributed by atoms with Crippen LogP contribution in [0.1, 0.15) is 36.8 Å². The van der Waals surface area contributed by atoms with Crippen LogP contribution in [-0.2, 0) is 13.0 Å². The monoisotopic (exact) mass is 238 g/mol. The van der Waals surface area contributed by atoms with E-state index in [9.17, 15) is 0 Å². The molecule has 0 aromatic carbocycles. The van der Waals surface area contributed by atoms with Gasteiger partial charge in [0.15, 0.2) is 0 Å². The van der Waals surface area contributed by atoms with Gasteiger partial charge in [0, 0.05) is 24.9 Å². The van der Waals surface area contributed by atoms with E-state index in [2.05, 4.69) is 26.5 Å². The van der Waals surface area contributed by atoms with Gasteiger partial charge >= 0.3 is 0 Å². The van der Waals surface area contributed by atoms with Crippen LogP contribution in [0.15, 0.2) is 0 Å². The van der Waals surface area contributed by atoms with Gasteiger partial charge in [0.2, 0.25) is 0 Å². The third kappa shape index (κ3) is 1.86. The summed E-state index contributed by atoms with van der Waals surface area (Å²) in [6.07, 6.45) is 4.48. The summed E-state index contributed by atoms with van der Waals surface area (Å²) in [5.74, 6) is 5.50. The van der Waals surface area contributed by atoms with Crippen molar-refractivity contribution in [2.75, 3.05) is 11.5 Å². The average molecular weight is 238 g/mol. The molecule has 5 heteroatoms. The number of aromatic nitrogens is 3. The maximum atomic E-state index is 5.95. The molecule has 3 rings (SSSR count). The molecule has 1 atom stereocenters. The van der Waals surface area contributed by atoms with E-state index in [4.69, 9.17) is 5.73 Å². The van der Waals surface area contributed by atoms with Crippen molar-refractivity contribution in [1.29, 1.82) is 0 Å². The molecule has 0 spiro atoms. The molecule has 0 bridgehead atoms. The SMILES string of the molecule is NC1CCn2c(nnc2C2CCSCC2)C1. The lowest BCUT2D eigenvalue weighted by Crippen LogP contribution is -2.32. The van der Waals surface area contributed by atoms with Crippen molar-refractivity contribution < 1.29 is 0 Å². The maximum Gasteiger partial charge on any atom is 0.136 e. The number of thioether (sulfide) groups is 1. The number of hydrogen-bond acceptors (Lipinski definition) is 4. The van der Waals surface area contributed by atoms with Crippen LogP contribution in [0.25, 0.3) is 0 Å². The van der Waals surface area contributed by atoms with Crippen LogP contribution < -0.4 is 5.73 Å². The zero-order valence-corrected chi connectivity index (χ0v) is 10.2. The van der Waals surface area contributed by atoms with Gasteiger partial charge in [-0.2, -0.15) is 11.8 Å². The van der Waals surface area contributed by atoms with Gasteiger partial charge in [-0.05, 0) is 30.8 Å². The van der Waals surface area contributed by atoms with E-state index >= 15 is 0 Å². The Balaban J connectivity index is 1.85. The molecule has 2 aliphatic heterocycles. The Morgan fingerprint density at radius 2 is 2.00 bits per heavy atom. The molecule has 1 aromatic heterocycles. The predicted octanol–water partition coefficient (Wildman–Crippen LogP) is 1.16. The summed E-state index contributed by atoms with van der Waals surface area (Å²) in [6.45, 7) is 1.02. The van der Waals surface area contributed by atoms with Crippen molar-refractivity contribution in [2.45, 2.75) is 44.2 Å². The first-order valence-electron chi connectivity index (χ1n) is 6.10. The van der Waals surface area contributed by atoms with Crippen molar-refractivity contribution >= 4 is 11.8 Å². The average Bonchev–Trinajstić information content (AvgIpc) is 2.73. The maximum absolute atomic E-state index is 5.95. The number of nitrogens with two attached hydrogens (primary N) is 1. The van der Waals surface area contributed by atoms with E-state index in [0.29, 0.717) is 5.92 Å². The van der Waals surface area contributed by atoms with E-state index in [-0.39, 0.29) is 6.04 Å². The summed E-state index contributed by atoms with van der Waals surface area (Å²) in [5.41, 5.74) is 5.95. The van der Waals surface area contributed by atoms with E-state index in [1.807, 2.05) is 0 Å². The Labute approximate surface area is 100.0 Å². The summed E-state index contributed by atoms with van der Waals surface area (Å²) >= 11 is 2.06. The standard InChI is InChI=1S/C11H18N4S/c12-9-1-4-15-10(7-9)13-14-11(15)8-2-5-16-6-3-8/h8-9H,1-7,12H2. The minimum Gasteiger partial charge on any atom is -0.327 e. The van der Waals surface area contributed by atoms with E-state index in [0.717, 1.165) is 25.2 Å². The van der Waals surface area contributed by atoms with E-state index < -0.39 is 0 Å². The topological polar surface area (TPSA) is 56.7 Å². The smallest absolute Gasteiger partial charge is 0.136 e. The Bertz CT molecular complexity index is 370. The third-order valence-electron chi connectivity index (χ3n) is 3.61. The summed E-state index contributed by atoms with van der Waals surface area (Å²) < 4.78 is 2.32. The van der Waals surface area contributed by atoms with Crippen molar-refractivity contribution in [3.8, 4) is 0 Å². The number of nitrogens with zero attached hydrogens (tertiary/aromatic N) is 3. The molecule has 3 heterocycles. The summed E-state index contributed by atoms with van der Waals surface area (Å²) in [7, 11) is 0. The largest absolute Gasteiger partial charge is 0.327 e. The van der Waals surface area contributed by atoms with Gasteiger partial charge in [0.05, 0.1) is 0 Å². The molecule has 88 valence electrons. The van der Waals surface area contributed by atoms with Crippen LogP contribution in [-0.4, -0.2) is 32.3 Å². The highest BCUT2D eigenvalue weighted by molar-refractivity contribution is 7.99. The van der Waals surface area contributed by atoms with Gasteiger partial charge in [-0.1, -0.05) is 0 Å². The van der Waals surface area contributed by atoms with Crippen molar-refractivity contribution in [3.63, 3.8) is 0 Å². The van der Waals surface area contributed by atoms with Crippen LogP contribution in [0.3, 0.4) is 0 Å². The normalized spacial score (nSPS) is 26.7. The van der Waals surface area contributed by atoms with Crippen LogP contribution in [0.2, 0.25) is 0 Å². The Kier molecular flexibility index (Phi) is 2.90. The summed E-state index contributed by atoms with van der Waals surface area (Å²) in [5, 5.41) is 8.71. The second-order valence-corrected chi connectivity index (χ2v) is 5.99. The fourth-order valence-electron chi connectivity index (χ4n) is 2.63. The Hall–Kier alpha value is -0.550. The fraction of sp³-hybridized carbons (Fsp3) is 0.818. The van der Waals surface area contributed by atoms with Crippen LogP contribution in [0.4, 0.5) is 0 Å². The molecular weight excluding hydrogens is 220 g/mol. The highest BCUT2D eigenvalue weighted by Crippen LogP contribution is 2.31. The highest BCUT2D eigenvalue weighted by Gasteiger charge is 2.26. The molecule has 0 saturated carbocycles. The molecule has 0 aliphatic carbocycles. The minimum absolute atomic E-state index is 0.284. The molecule has 2 aliphatic rings. The zero-order valence-electron chi connectivity index (χ0n) is 9.43. The first-order valence-corrected chi connectivity index (χ1v) is 7.25. The molecule has 2 N–H and O–H groups in total. The van der Waals surface area contributed by atoms with Gasteiger partial charge in [0.1, 0.15) is 11.6 Å². The zero-order chi connectivity index (χ0) is 11.0. The lowest BCUT2D eigenvalue weighted by molar-refractivity contribution is 0.438. The number of fused-ring (bicyclic) bond motifs is 1. The first kappa shape index (κ1) is 10.6. The van der Waals surface area contributed by atoms with Crippen molar-refractivity contribution in [2.24, 2.45) is 5.73 Å². The molecule has 1 saturated heterocycles. The lowest BCUT2D eigenvalue weighted by Gasteiger charge is -2.25. The van der Waals surface area contributed by atoms with Gasteiger partial charge in [0.25, 0.3) is 0 Å². The summed E-state index contributed by atoms with van der Waals surface area (Å²) in [6, 6.07) is 0.284. The van der Waals surface area contributed by atoms with Crippen molar-refractivity contribution in [3.05, 3.63) is 11.6 Å². The van der Waals surface area contributed by atoms with Crippen LogP contribution in [0, 0.1) is 0 Å². The molecule has 1 fully saturated rings. The molecule has 0 amide bonds. The van der Waals surface area contributed by atoms with Gasteiger partial charge in [-0.15, -0.1) is 10.2 Å². The second kappa shape index (κ2) is 4.37. The molecule has 1 unspecified atom stereocenters. The lowest BCUT2D eigenvalue weighted by atomic mass is 10.0. The van der Waals surface area contributed by atoms with E-state index in [1.54, 1.807) is 0 Å². The van der Waals surface area contributed by atoms with Gasteiger partial charge in [-0.25, -0.2) is 0 Å².